The molecule has 4 N–H and O–H groups in total. The largest absolute Gasteiger partial charge is 0.462 e. The molecule has 0 bridgehead atoms. The van der Waals surface area contributed by atoms with E-state index in [0.717, 1.165) is 64.2 Å². The summed E-state index contributed by atoms with van der Waals surface area (Å²) in [5, 5.41) is 40.1. The summed E-state index contributed by atoms with van der Waals surface area (Å²) >= 11 is 0. The van der Waals surface area contributed by atoms with Crippen LogP contribution in [0.25, 0.3) is 0 Å². The van der Waals surface area contributed by atoms with E-state index >= 15 is 0 Å². The number of unbranched alkanes of at least 4 members (excludes halogenated alkanes) is 22. The second kappa shape index (κ2) is 39.1. The van der Waals surface area contributed by atoms with Gasteiger partial charge in [-0.15, -0.1) is 0 Å². The van der Waals surface area contributed by atoms with Crippen LogP contribution in [0.1, 0.15) is 200 Å². The first-order valence-electron chi connectivity index (χ1n) is 23.6. The average Bonchev–Trinajstić information content (AvgIpc) is 3.22. The molecule has 0 radical (unpaired) electrons. The highest BCUT2D eigenvalue weighted by Gasteiger charge is 2.44. The predicted octanol–water partition coefficient (Wildman–Crippen LogP) is 10.3. The Labute approximate surface area is 353 Å². The number of esters is 2. The molecule has 10 heteroatoms. The molecule has 0 amide bonds. The van der Waals surface area contributed by atoms with Gasteiger partial charge in [0.25, 0.3) is 0 Å². The number of carbonyl (C=O) groups is 2. The van der Waals surface area contributed by atoms with Gasteiger partial charge in [-0.2, -0.15) is 0 Å². The molecule has 0 aromatic carbocycles. The van der Waals surface area contributed by atoms with E-state index in [-0.39, 0.29) is 32.0 Å². The van der Waals surface area contributed by atoms with E-state index in [4.69, 9.17) is 18.9 Å². The Morgan fingerprint density at radius 3 is 1.48 bits per heavy atom. The van der Waals surface area contributed by atoms with Crippen LogP contribution in [0.3, 0.4) is 0 Å². The molecule has 0 spiro atoms. The molecular formula is C48H86O10. The predicted molar refractivity (Wildman–Crippen MR) is 233 cm³/mol. The Kier molecular flexibility index (Phi) is 36.3. The maximum atomic E-state index is 12.8. The van der Waals surface area contributed by atoms with Gasteiger partial charge in [-0.1, -0.05) is 153 Å². The van der Waals surface area contributed by atoms with Gasteiger partial charge < -0.3 is 39.4 Å². The third-order valence-corrected chi connectivity index (χ3v) is 10.7. The Hall–Kier alpha value is -2.08. The molecule has 0 aliphatic carbocycles. The van der Waals surface area contributed by atoms with Crippen LogP contribution in [0, 0.1) is 0 Å². The Bertz CT molecular complexity index is 1040. The van der Waals surface area contributed by atoms with E-state index in [0.29, 0.717) is 12.8 Å². The van der Waals surface area contributed by atoms with Gasteiger partial charge in [-0.25, -0.2) is 0 Å². The lowest BCUT2D eigenvalue weighted by Crippen LogP contribution is -2.59. The second-order valence-corrected chi connectivity index (χ2v) is 16.2. The van der Waals surface area contributed by atoms with Crippen molar-refractivity contribution < 1.29 is 49.0 Å². The van der Waals surface area contributed by atoms with Crippen LogP contribution < -0.4 is 0 Å². The average molecular weight is 823 g/mol. The highest BCUT2D eigenvalue weighted by Crippen LogP contribution is 2.23. The van der Waals surface area contributed by atoms with Gasteiger partial charge in [-0.05, 0) is 70.6 Å². The van der Waals surface area contributed by atoms with Crippen LogP contribution in [0.15, 0.2) is 36.5 Å². The molecular weight excluding hydrogens is 737 g/mol. The van der Waals surface area contributed by atoms with Crippen molar-refractivity contribution in [2.75, 3.05) is 19.8 Å². The van der Waals surface area contributed by atoms with Crippen molar-refractivity contribution in [2.24, 2.45) is 0 Å². The van der Waals surface area contributed by atoms with E-state index in [2.05, 4.69) is 50.3 Å². The molecule has 1 aliphatic rings. The maximum Gasteiger partial charge on any atom is 0.306 e. The zero-order valence-corrected chi connectivity index (χ0v) is 36.8. The van der Waals surface area contributed by atoms with E-state index in [9.17, 15) is 30.0 Å². The maximum absolute atomic E-state index is 12.8. The van der Waals surface area contributed by atoms with Crippen molar-refractivity contribution in [3.05, 3.63) is 36.5 Å². The number of carbonyl (C=O) groups excluding carboxylic acids is 2. The molecule has 58 heavy (non-hydrogen) atoms. The van der Waals surface area contributed by atoms with Gasteiger partial charge in [0.05, 0.1) is 13.2 Å². The van der Waals surface area contributed by atoms with E-state index < -0.39 is 49.4 Å². The number of hydrogen-bond acceptors (Lipinski definition) is 10. The fraction of sp³-hybridized carbons (Fsp3) is 0.833. The third-order valence-electron chi connectivity index (χ3n) is 10.7. The molecule has 1 heterocycles. The van der Waals surface area contributed by atoms with E-state index in [1.165, 1.54) is 96.3 Å². The number of hydrogen-bond donors (Lipinski definition) is 4. The molecule has 6 atom stereocenters. The highest BCUT2D eigenvalue weighted by atomic mass is 16.7. The molecule has 1 aliphatic heterocycles. The number of aliphatic hydroxyl groups excluding tert-OH is 4. The van der Waals surface area contributed by atoms with Crippen molar-refractivity contribution >= 4 is 11.9 Å². The van der Waals surface area contributed by atoms with Crippen molar-refractivity contribution in [1.82, 2.24) is 0 Å². The summed E-state index contributed by atoms with van der Waals surface area (Å²) in [6.07, 6.45) is 37.1. The van der Waals surface area contributed by atoms with Gasteiger partial charge in [0.1, 0.15) is 31.0 Å². The number of ether oxygens (including phenoxy) is 4. The number of aliphatic hydroxyl groups is 4. The van der Waals surface area contributed by atoms with Crippen LogP contribution in [0.4, 0.5) is 0 Å². The zero-order chi connectivity index (χ0) is 42.3. The minimum atomic E-state index is -1.60. The summed E-state index contributed by atoms with van der Waals surface area (Å²) in [5.74, 6) is -0.818. The summed E-state index contributed by atoms with van der Waals surface area (Å²) in [4.78, 5) is 25.4. The van der Waals surface area contributed by atoms with Gasteiger partial charge >= 0.3 is 11.9 Å². The first-order valence-corrected chi connectivity index (χ1v) is 23.6. The first-order chi connectivity index (χ1) is 28.3. The van der Waals surface area contributed by atoms with Gasteiger partial charge in [0.2, 0.25) is 0 Å². The van der Waals surface area contributed by atoms with E-state index in [1.807, 2.05) is 0 Å². The van der Waals surface area contributed by atoms with Crippen LogP contribution >= 0.6 is 0 Å². The quantitative estimate of drug-likeness (QED) is 0.0268. The lowest BCUT2D eigenvalue weighted by Gasteiger charge is -2.39. The topological polar surface area (TPSA) is 152 Å². The standard InChI is InChI=1S/C48H86O10/c1-3-5-7-9-11-13-15-17-19-20-21-22-23-25-27-29-31-33-35-37-44(51)57-41(40-56-48-47(54)46(53)45(52)42(38-49)58-48)39-55-43(50)36-34-32-30-28-26-24-18-16-14-12-10-8-6-4-2/h11,13,16-19,41-42,45-49,52-54H,3-10,12,14-15,20-40H2,1-2H3/b13-11+,18-16+,19-17+/t41-,42-,45+,46?,47?,48-/m1/s1. The molecule has 10 nitrogen and oxygen atoms in total. The normalized spacial score (nSPS) is 20.4. The Morgan fingerprint density at radius 1 is 0.534 bits per heavy atom. The van der Waals surface area contributed by atoms with Crippen molar-refractivity contribution in [3.8, 4) is 0 Å². The van der Waals surface area contributed by atoms with Crippen molar-refractivity contribution in [1.29, 1.82) is 0 Å². The van der Waals surface area contributed by atoms with Crippen LogP contribution in [-0.2, 0) is 28.5 Å². The summed E-state index contributed by atoms with van der Waals surface area (Å²) in [6, 6.07) is 0. The number of allylic oxidation sites excluding steroid dienone is 6. The van der Waals surface area contributed by atoms with Gasteiger partial charge in [0.15, 0.2) is 12.4 Å². The monoisotopic (exact) mass is 823 g/mol. The molecule has 1 rings (SSSR count). The fourth-order valence-corrected chi connectivity index (χ4v) is 6.98. The summed E-state index contributed by atoms with van der Waals surface area (Å²) in [7, 11) is 0. The lowest BCUT2D eigenvalue weighted by atomic mass is 9.99. The van der Waals surface area contributed by atoms with Crippen molar-refractivity contribution in [3.63, 3.8) is 0 Å². The number of rotatable bonds is 39. The summed E-state index contributed by atoms with van der Waals surface area (Å²) in [5.41, 5.74) is 0. The smallest absolute Gasteiger partial charge is 0.306 e. The van der Waals surface area contributed by atoms with Gasteiger partial charge in [0, 0.05) is 12.8 Å². The minimum absolute atomic E-state index is 0.222. The SMILES string of the molecule is CCCCC/C=C/C/C=C/CCCCCCCCCCCC(=O)O[C@H](COC(=O)CCCCCCC/C=C/CCCCCCC)CO[C@@H]1O[C@H](CO)[C@H](O)C(O)C1O. The summed E-state index contributed by atoms with van der Waals surface area (Å²) < 4.78 is 22.2. The molecule has 2 unspecified atom stereocenters. The minimum Gasteiger partial charge on any atom is -0.462 e. The zero-order valence-electron chi connectivity index (χ0n) is 36.8. The molecule has 0 aromatic rings. The summed E-state index contributed by atoms with van der Waals surface area (Å²) in [6.45, 7) is 3.38. The van der Waals surface area contributed by atoms with E-state index in [1.54, 1.807) is 0 Å². The van der Waals surface area contributed by atoms with Crippen LogP contribution in [-0.4, -0.2) is 89.0 Å². The Balaban J connectivity index is 2.31. The fourth-order valence-electron chi connectivity index (χ4n) is 6.98. The Morgan fingerprint density at radius 2 is 0.966 bits per heavy atom. The molecule has 0 aromatic heterocycles. The molecule has 338 valence electrons. The van der Waals surface area contributed by atoms with Crippen molar-refractivity contribution in [2.45, 2.75) is 237 Å². The van der Waals surface area contributed by atoms with Crippen LogP contribution in [0.5, 0.6) is 0 Å². The lowest BCUT2D eigenvalue weighted by molar-refractivity contribution is -0.305. The highest BCUT2D eigenvalue weighted by molar-refractivity contribution is 5.70. The van der Waals surface area contributed by atoms with Crippen LogP contribution in [0.2, 0.25) is 0 Å². The first kappa shape index (κ1) is 53.9. The molecule has 1 saturated heterocycles. The third kappa shape index (κ3) is 30.0. The van der Waals surface area contributed by atoms with Gasteiger partial charge in [-0.3, -0.25) is 9.59 Å². The molecule has 1 fully saturated rings. The second-order valence-electron chi connectivity index (χ2n) is 16.2. The molecule has 0 saturated carbocycles.